The van der Waals surface area contributed by atoms with E-state index in [-0.39, 0.29) is 6.10 Å². The summed E-state index contributed by atoms with van der Waals surface area (Å²) in [7, 11) is 0. The minimum Gasteiger partial charge on any atom is -0.491 e. The molecular formula is C11H20O. The largest absolute Gasteiger partial charge is 0.491 e. The van der Waals surface area contributed by atoms with Gasteiger partial charge in [-0.3, -0.25) is 0 Å². The van der Waals surface area contributed by atoms with Crippen LogP contribution in [0.25, 0.3) is 0 Å². The van der Waals surface area contributed by atoms with Crippen molar-refractivity contribution in [2.24, 2.45) is 5.92 Å². The highest BCUT2D eigenvalue weighted by Crippen LogP contribution is 2.16. The molecule has 1 nitrogen and oxygen atoms in total. The van der Waals surface area contributed by atoms with Gasteiger partial charge in [0.05, 0.1) is 5.76 Å². The first-order valence-corrected chi connectivity index (χ1v) is 4.56. The van der Waals surface area contributed by atoms with Crippen molar-refractivity contribution in [1.29, 1.82) is 0 Å². The zero-order valence-electron chi connectivity index (χ0n) is 8.47. The molecule has 0 amide bonds. The Kier molecular flexibility index (Phi) is 5.52. The third-order valence-electron chi connectivity index (χ3n) is 1.87. The molecule has 0 aromatic rings. The van der Waals surface area contributed by atoms with E-state index in [1.807, 2.05) is 13.0 Å². The van der Waals surface area contributed by atoms with Gasteiger partial charge >= 0.3 is 0 Å². The second-order valence-corrected chi connectivity index (χ2v) is 3.29. The van der Waals surface area contributed by atoms with Gasteiger partial charge in [-0.2, -0.15) is 0 Å². The van der Waals surface area contributed by atoms with Gasteiger partial charge in [0, 0.05) is 0 Å². The van der Waals surface area contributed by atoms with Gasteiger partial charge < -0.3 is 4.74 Å². The molecule has 0 aliphatic carbocycles. The summed E-state index contributed by atoms with van der Waals surface area (Å²) < 4.78 is 5.50. The predicted octanol–water partition coefficient (Wildman–Crippen LogP) is 3.53. The summed E-state index contributed by atoms with van der Waals surface area (Å²) in [5.74, 6) is 1.30. The molecule has 0 saturated carbocycles. The van der Waals surface area contributed by atoms with Crippen LogP contribution in [0.2, 0.25) is 0 Å². The maximum atomic E-state index is 5.50. The van der Waals surface area contributed by atoms with Crippen molar-refractivity contribution in [3.63, 3.8) is 0 Å². The van der Waals surface area contributed by atoms with Gasteiger partial charge in [-0.1, -0.05) is 39.5 Å². The molecule has 0 bridgehead atoms. The number of hydrogen-bond acceptors (Lipinski definition) is 1. The van der Waals surface area contributed by atoms with Gasteiger partial charge in [0.25, 0.3) is 0 Å². The van der Waals surface area contributed by atoms with Gasteiger partial charge in [-0.05, 0) is 19.3 Å². The van der Waals surface area contributed by atoms with Crippen molar-refractivity contribution >= 4 is 0 Å². The van der Waals surface area contributed by atoms with E-state index in [9.17, 15) is 0 Å². The topological polar surface area (TPSA) is 9.23 Å². The fourth-order valence-electron chi connectivity index (χ4n) is 1.25. The zero-order chi connectivity index (χ0) is 9.56. The monoisotopic (exact) mass is 168 g/mol. The zero-order valence-corrected chi connectivity index (χ0v) is 8.47. The Hall–Kier alpha value is -0.720. The lowest BCUT2D eigenvalue weighted by Crippen LogP contribution is -2.18. The van der Waals surface area contributed by atoms with E-state index in [1.165, 1.54) is 12.8 Å². The summed E-state index contributed by atoms with van der Waals surface area (Å²) >= 11 is 0. The number of rotatable bonds is 6. The molecule has 0 fully saturated rings. The van der Waals surface area contributed by atoms with Gasteiger partial charge in [0.2, 0.25) is 0 Å². The fraction of sp³-hybridized carbons (Fsp3) is 0.636. The second kappa shape index (κ2) is 5.87. The normalized spacial score (nSPS) is 14.9. The molecule has 0 rings (SSSR count). The summed E-state index contributed by atoms with van der Waals surface area (Å²) in [4.78, 5) is 0. The summed E-state index contributed by atoms with van der Waals surface area (Å²) in [5, 5.41) is 0. The molecule has 0 aliphatic rings. The van der Waals surface area contributed by atoms with E-state index in [0.717, 1.165) is 5.76 Å². The molecule has 0 radical (unpaired) electrons. The number of ether oxygens (including phenoxy) is 1. The van der Waals surface area contributed by atoms with Crippen LogP contribution in [0, 0.1) is 5.92 Å². The summed E-state index contributed by atoms with van der Waals surface area (Å²) in [6.45, 7) is 13.7. The number of hydrogen-bond donors (Lipinski definition) is 0. The number of allylic oxidation sites excluding steroid dienone is 1. The fourth-order valence-corrected chi connectivity index (χ4v) is 1.25. The molecule has 0 heterocycles. The highest BCUT2D eigenvalue weighted by Gasteiger charge is 2.13. The van der Waals surface area contributed by atoms with Crippen molar-refractivity contribution in [2.75, 3.05) is 0 Å². The van der Waals surface area contributed by atoms with Crippen molar-refractivity contribution < 1.29 is 4.74 Å². The quantitative estimate of drug-likeness (QED) is 0.435. The van der Waals surface area contributed by atoms with Crippen molar-refractivity contribution in [2.45, 2.75) is 39.7 Å². The van der Waals surface area contributed by atoms with E-state index in [0.29, 0.717) is 5.92 Å². The smallest absolute Gasteiger partial charge is 0.119 e. The Bertz CT molecular complexity index is 149. The highest BCUT2D eigenvalue weighted by atomic mass is 16.5. The van der Waals surface area contributed by atoms with Gasteiger partial charge in [-0.15, -0.1) is 0 Å². The Morgan fingerprint density at radius 3 is 2.50 bits per heavy atom. The lowest BCUT2D eigenvalue weighted by Gasteiger charge is -2.21. The molecule has 0 spiro atoms. The Balaban J connectivity index is 3.95. The van der Waals surface area contributed by atoms with Crippen LogP contribution >= 0.6 is 0 Å². The van der Waals surface area contributed by atoms with Crippen molar-refractivity contribution in [1.82, 2.24) is 0 Å². The standard InChI is InChI=1S/C11H20O/c1-6-8-10(5)11(7-2)12-9(3)4/h7,10-11H,2-3,6,8H2,1,4-5H3. The minimum absolute atomic E-state index is 0.127. The molecule has 70 valence electrons. The van der Waals surface area contributed by atoms with Crippen molar-refractivity contribution in [3.05, 3.63) is 25.0 Å². The first kappa shape index (κ1) is 11.3. The Morgan fingerprint density at radius 1 is 1.58 bits per heavy atom. The van der Waals surface area contributed by atoms with Crippen LogP contribution in [0.5, 0.6) is 0 Å². The average molecular weight is 168 g/mol. The molecule has 2 unspecified atom stereocenters. The molecular weight excluding hydrogens is 148 g/mol. The molecule has 0 aliphatic heterocycles. The average Bonchev–Trinajstić information content (AvgIpc) is 2.00. The van der Waals surface area contributed by atoms with Crippen LogP contribution in [0.1, 0.15) is 33.6 Å². The molecule has 1 heteroatoms. The van der Waals surface area contributed by atoms with Crippen LogP contribution in [0.3, 0.4) is 0 Å². The summed E-state index contributed by atoms with van der Waals surface area (Å²) in [6, 6.07) is 0. The summed E-state index contributed by atoms with van der Waals surface area (Å²) in [6.07, 6.45) is 4.34. The lowest BCUT2D eigenvalue weighted by molar-refractivity contribution is 0.107. The van der Waals surface area contributed by atoms with E-state index in [4.69, 9.17) is 4.74 Å². The summed E-state index contributed by atoms with van der Waals surface area (Å²) in [5.41, 5.74) is 0. The SMILES string of the molecule is C=CC(OC(=C)C)C(C)CCC. The van der Waals surface area contributed by atoms with Crippen LogP contribution < -0.4 is 0 Å². The van der Waals surface area contributed by atoms with Crippen LogP contribution in [-0.2, 0) is 4.74 Å². The first-order valence-electron chi connectivity index (χ1n) is 4.56. The lowest BCUT2D eigenvalue weighted by atomic mass is 9.99. The maximum absolute atomic E-state index is 5.50. The Morgan fingerprint density at radius 2 is 2.17 bits per heavy atom. The molecule has 12 heavy (non-hydrogen) atoms. The minimum atomic E-state index is 0.127. The molecule has 0 saturated heterocycles. The second-order valence-electron chi connectivity index (χ2n) is 3.29. The highest BCUT2D eigenvalue weighted by molar-refractivity contribution is 4.89. The maximum Gasteiger partial charge on any atom is 0.119 e. The van der Waals surface area contributed by atoms with Crippen LogP contribution in [0.15, 0.2) is 25.0 Å². The first-order chi connectivity index (χ1) is 5.61. The third kappa shape index (κ3) is 4.22. The molecule has 0 aromatic carbocycles. The van der Waals surface area contributed by atoms with E-state index < -0.39 is 0 Å². The van der Waals surface area contributed by atoms with Gasteiger partial charge in [0.15, 0.2) is 0 Å². The predicted molar refractivity (Wildman–Crippen MR) is 54.0 cm³/mol. The van der Waals surface area contributed by atoms with E-state index in [2.05, 4.69) is 27.0 Å². The van der Waals surface area contributed by atoms with Gasteiger partial charge in [0.1, 0.15) is 6.10 Å². The van der Waals surface area contributed by atoms with Crippen LogP contribution in [0.4, 0.5) is 0 Å². The van der Waals surface area contributed by atoms with Crippen molar-refractivity contribution in [3.8, 4) is 0 Å². The van der Waals surface area contributed by atoms with Crippen LogP contribution in [-0.4, -0.2) is 6.10 Å². The van der Waals surface area contributed by atoms with E-state index in [1.54, 1.807) is 0 Å². The molecule has 0 N–H and O–H groups in total. The molecule has 0 aromatic heterocycles. The van der Waals surface area contributed by atoms with Gasteiger partial charge in [-0.25, -0.2) is 0 Å². The Labute approximate surface area is 76.1 Å². The third-order valence-corrected chi connectivity index (χ3v) is 1.87. The molecule has 2 atom stereocenters. The van der Waals surface area contributed by atoms with E-state index >= 15 is 0 Å².